The molecule has 4 nitrogen and oxygen atoms in total. The summed E-state index contributed by atoms with van der Waals surface area (Å²) in [6.45, 7) is 11.6. The van der Waals surface area contributed by atoms with Gasteiger partial charge in [-0.05, 0) is 63.5 Å². The Kier molecular flexibility index (Phi) is 6.81. The lowest BCUT2D eigenvalue weighted by atomic mass is 10.0. The van der Waals surface area contributed by atoms with Crippen molar-refractivity contribution in [3.63, 3.8) is 0 Å². The van der Waals surface area contributed by atoms with E-state index < -0.39 is 0 Å². The predicted molar refractivity (Wildman–Crippen MR) is 90.5 cm³/mol. The van der Waals surface area contributed by atoms with Crippen molar-refractivity contribution in [2.24, 2.45) is 22.6 Å². The topological polar surface area (TPSA) is 44.9 Å². The van der Waals surface area contributed by atoms with Crippen molar-refractivity contribution in [1.82, 2.24) is 9.80 Å². The first-order valence-corrected chi connectivity index (χ1v) is 8.92. The molecule has 2 heterocycles. The van der Waals surface area contributed by atoms with Gasteiger partial charge in [0.1, 0.15) is 0 Å². The van der Waals surface area contributed by atoms with Crippen molar-refractivity contribution in [1.29, 1.82) is 0 Å². The van der Waals surface area contributed by atoms with E-state index in [1.165, 1.54) is 51.7 Å². The number of hydrogen-bond acceptors (Lipinski definition) is 2. The van der Waals surface area contributed by atoms with Crippen molar-refractivity contribution in [2.45, 2.75) is 52.4 Å². The van der Waals surface area contributed by atoms with Gasteiger partial charge >= 0.3 is 0 Å². The first-order chi connectivity index (χ1) is 10.1. The van der Waals surface area contributed by atoms with Gasteiger partial charge in [0, 0.05) is 26.2 Å². The lowest BCUT2D eigenvalue weighted by molar-refractivity contribution is 0.181. The molecule has 21 heavy (non-hydrogen) atoms. The molecule has 2 aliphatic heterocycles. The summed E-state index contributed by atoms with van der Waals surface area (Å²) in [5, 5.41) is 0. The predicted octanol–water partition coefficient (Wildman–Crippen LogP) is 2.55. The zero-order valence-corrected chi connectivity index (χ0v) is 14.1. The minimum atomic E-state index is 0.758. The van der Waals surface area contributed by atoms with E-state index in [4.69, 9.17) is 5.73 Å². The van der Waals surface area contributed by atoms with Crippen LogP contribution >= 0.6 is 0 Å². The molecule has 0 aromatic carbocycles. The Labute approximate surface area is 130 Å². The molecule has 0 spiro atoms. The van der Waals surface area contributed by atoms with Crippen molar-refractivity contribution in [3.05, 3.63) is 0 Å². The average Bonchev–Trinajstić information content (AvgIpc) is 2.47. The maximum Gasteiger partial charge on any atom is 0.191 e. The van der Waals surface area contributed by atoms with Crippen LogP contribution in [0.5, 0.6) is 0 Å². The number of nitrogens with zero attached hydrogens (tertiary/aromatic N) is 3. The van der Waals surface area contributed by atoms with E-state index in [0.29, 0.717) is 0 Å². The second-order valence-corrected chi connectivity index (χ2v) is 7.19. The molecule has 2 saturated heterocycles. The fraction of sp³-hybridized carbons (Fsp3) is 0.941. The van der Waals surface area contributed by atoms with Crippen LogP contribution in [0.2, 0.25) is 0 Å². The number of aliphatic imine (C=N–C) groups is 1. The van der Waals surface area contributed by atoms with Gasteiger partial charge in [-0.25, -0.2) is 0 Å². The number of guanidine groups is 1. The maximum atomic E-state index is 6.12. The molecule has 122 valence electrons. The van der Waals surface area contributed by atoms with E-state index in [-0.39, 0.29) is 0 Å². The standard InChI is InChI=1S/C17H34N4/c1-15-7-5-11-20(13-15)10-4-3-9-19-17(18)21-12-6-8-16(2)14-21/h15-16H,3-14H2,1-2H3,(H2,18,19). The number of hydrogen-bond donors (Lipinski definition) is 1. The Bertz CT molecular complexity index is 329. The van der Waals surface area contributed by atoms with Gasteiger partial charge < -0.3 is 15.5 Å². The van der Waals surface area contributed by atoms with Gasteiger partial charge in [-0.3, -0.25) is 4.99 Å². The Morgan fingerprint density at radius 2 is 1.76 bits per heavy atom. The number of nitrogens with two attached hydrogens (primary N) is 1. The van der Waals surface area contributed by atoms with Crippen molar-refractivity contribution in [2.75, 3.05) is 39.3 Å². The third-order valence-corrected chi connectivity index (χ3v) is 4.88. The highest BCUT2D eigenvalue weighted by Crippen LogP contribution is 2.16. The molecule has 0 aromatic heterocycles. The second kappa shape index (κ2) is 8.62. The molecule has 2 atom stereocenters. The molecule has 0 aliphatic carbocycles. The van der Waals surface area contributed by atoms with Crippen LogP contribution < -0.4 is 5.73 Å². The number of rotatable bonds is 5. The number of unbranched alkanes of at least 4 members (excludes halogenated alkanes) is 1. The molecule has 2 N–H and O–H groups in total. The van der Waals surface area contributed by atoms with Crippen LogP contribution in [-0.4, -0.2) is 55.0 Å². The molecule has 2 fully saturated rings. The Morgan fingerprint density at radius 1 is 1.05 bits per heavy atom. The van der Waals surface area contributed by atoms with Gasteiger partial charge in [-0.2, -0.15) is 0 Å². The second-order valence-electron chi connectivity index (χ2n) is 7.19. The van der Waals surface area contributed by atoms with Crippen LogP contribution in [0.4, 0.5) is 0 Å². The number of likely N-dealkylation sites (tertiary alicyclic amines) is 2. The molecule has 2 rings (SSSR count). The summed E-state index contributed by atoms with van der Waals surface area (Å²) in [4.78, 5) is 9.46. The zero-order valence-electron chi connectivity index (χ0n) is 14.1. The zero-order chi connectivity index (χ0) is 15.1. The highest BCUT2D eigenvalue weighted by Gasteiger charge is 2.17. The normalized spacial score (nSPS) is 28.9. The Morgan fingerprint density at radius 3 is 2.48 bits per heavy atom. The molecular formula is C17H34N4. The molecular weight excluding hydrogens is 260 g/mol. The molecule has 0 saturated carbocycles. The highest BCUT2D eigenvalue weighted by atomic mass is 15.3. The lowest BCUT2D eigenvalue weighted by Crippen LogP contribution is -2.43. The van der Waals surface area contributed by atoms with E-state index in [1.807, 2.05) is 0 Å². The summed E-state index contributed by atoms with van der Waals surface area (Å²) < 4.78 is 0. The summed E-state index contributed by atoms with van der Waals surface area (Å²) in [6, 6.07) is 0. The first-order valence-electron chi connectivity index (χ1n) is 8.92. The summed E-state index contributed by atoms with van der Waals surface area (Å²) in [6.07, 6.45) is 7.78. The van der Waals surface area contributed by atoms with Crippen LogP contribution in [0, 0.1) is 11.8 Å². The van der Waals surface area contributed by atoms with Crippen LogP contribution in [0.25, 0.3) is 0 Å². The van der Waals surface area contributed by atoms with Gasteiger partial charge in [-0.1, -0.05) is 13.8 Å². The fourth-order valence-electron chi connectivity index (χ4n) is 3.63. The Hall–Kier alpha value is -0.770. The van der Waals surface area contributed by atoms with Crippen LogP contribution in [0.3, 0.4) is 0 Å². The summed E-state index contributed by atoms with van der Waals surface area (Å²) in [7, 11) is 0. The molecule has 4 heteroatoms. The molecule has 2 aliphatic rings. The van der Waals surface area contributed by atoms with Crippen LogP contribution in [-0.2, 0) is 0 Å². The molecule has 2 unspecified atom stereocenters. The number of piperidine rings is 2. The van der Waals surface area contributed by atoms with Crippen molar-refractivity contribution < 1.29 is 0 Å². The fourth-order valence-corrected chi connectivity index (χ4v) is 3.63. The van der Waals surface area contributed by atoms with Crippen molar-refractivity contribution >= 4 is 5.96 Å². The SMILES string of the molecule is CC1CCCN(CCCCN=C(N)N2CCCC(C)C2)C1. The van der Waals surface area contributed by atoms with Gasteiger partial charge in [0.05, 0.1) is 0 Å². The van der Waals surface area contributed by atoms with Gasteiger partial charge in [0.25, 0.3) is 0 Å². The lowest BCUT2D eigenvalue weighted by Gasteiger charge is -2.31. The molecule has 0 radical (unpaired) electrons. The maximum absolute atomic E-state index is 6.12. The first kappa shape index (κ1) is 16.6. The minimum absolute atomic E-state index is 0.758. The molecule has 0 aromatic rings. The van der Waals surface area contributed by atoms with E-state index >= 15 is 0 Å². The van der Waals surface area contributed by atoms with Gasteiger partial charge in [-0.15, -0.1) is 0 Å². The smallest absolute Gasteiger partial charge is 0.191 e. The Balaban J connectivity index is 1.58. The molecule has 0 amide bonds. The van der Waals surface area contributed by atoms with Gasteiger partial charge in [0.2, 0.25) is 0 Å². The minimum Gasteiger partial charge on any atom is -0.370 e. The van der Waals surface area contributed by atoms with E-state index in [2.05, 4.69) is 28.6 Å². The monoisotopic (exact) mass is 294 g/mol. The summed E-state index contributed by atoms with van der Waals surface area (Å²) in [5.41, 5.74) is 6.12. The van der Waals surface area contributed by atoms with E-state index in [9.17, 15) is 0 Å². The van der Waals surface area contributed by atoms with E-state index in [0.717, 1.165) is 43.9 Å². The quantitative estimate of drug-likeness (QED) is 0.481. The third kappa shape index (κ3) is 5.85. The van der Waals surface area contributed by atoms with Crippen molar-refractivity contribution in [3.8, 4) is 0 Å². The average molecular weight is 294 g/mol. The van der Waals surface area contributed by atoms with Crippen LogP contribution in [0.1, 0.15) is 52.4 Å². The largest absolute Gasteiger partial charge is 0.370 e. The summed E-state index contributed by atoms with van der Waals surface area (Å²) in [5.74, 6) is 2.41. The van der Waals surface area contributed by atoms with Gasteiger partial charge in [0.15, 0.2) is 5.96 Å². The molecule has 0 bridgehead atoms. The third-order valence-electron chi connectivity index (χ3n) is 4.88. The highest BCUT2D eigenvalue weighted by molar-refractivity contribution is 5.78. The van der Waals surface area contributed by atoms with E-state index in [1.54, 1.807) is 0 Å². The van der Waals surface area contributed by atoms with Crippen LogP contribution in [0.15, 0.2) is 4.99 Å². The summed E-state index contributed by atoms with van der Waals surface area (Å²) >= 11 is 0.